The van der Waals surface area contributed by atoms with Gasteiger partial charge in [0.1, 0.15) is 5.75 Å². The van der Waals surface area contributed by atoms with Crippen molar-refractivity contribution in [1.29, 1.82) is 0 Å². The number of hydrogen-bond donors (Lipinski definition) is 4. The maximum atomic E-state index is 12.8. The second-order valence-electron chi connectivity index (χ2n) is 6.28. The number of ketones is 2. The SMILES string of the molecule is O=C1C(Nc2ccccc2)=CC(=O)c2c(O)c(Nc3ccccc3)cc(O)c21. The summed E-state index contributed by atoms with van der Waals surface area (Å²) in [6.07, 6.45) is 1.13. The molecule has 3 aromatic carbocycles. The molecule has 6 nitrogen and oxygen atoms in total. The topological polar surface area (TPSA) is 98.7 Å². The van der Waals surface area contributed by atoms with Crippen molar-refractivity contribution < 1.29 is 19.8 Å². The molecule has 3 aromatic rings. The Balaban J connectivity index is 1.73. The Kier molecular flexibility index (Phi) is 4.29. The molecule has 1 aliphatic rings. The van der Waals surface area contributed by atoms with Gasteiger partial charge in [0.15, 0.2) is 11.5 Å². The molecule has 1 aliphatic carbocycles. The van der Waals surface area contributed by atoms with Crippen molar-refractivity contribution in [2.45, 2.75) is 0 Å². The van der Waals surface area contributed by atoms with Crippen LogP contribution in [0.2, 0.25) is 0 Å². The third-order valence-corrected chi connectivity index (χ3v) is 4.38. The summed E-state index contributed by atoms with van der Waals surface area (Å²) in [7, 11) is 0. The first kappa shape index (κ1) is 17.4. The fourth-order valence-corrected chi connectivity index (χ4v) is 3.07. The van der Waals surface area contributed by atoms with E-state index in [1.165, 1.54) is 6.07 Å². The molecule has 4 N–H and O–H groups in total. The van der Waals surface area contributed by atoms with Crippen molar-refractivity contribution >= 4 is 28.6 Å². The van der Waals surface area contributed by atoms with Gasteiger partial charge in [-0.2, -0.15) is 0 Å². The van der Waals surface area contributed by atoms with Crippen LogP contribution in [0.25, 0.3) is 0 Å². The molecule has 0 aromatic heterocycles. The lowest BCUT2D eigenvalue weighted by molar-refractivity contribution is 0.0980. The maximum absolute atomic E-state index is 12.8. The molecule has 0 amide bonds. The van der Waals surface area contributed by atoms with E-state index in [0.29, 0.717) is 11.4 Å². The maximum Gasteiger partial charge on any atom is 0.213 e. The van der Waals surface area contributed by atoms with E-state index in [4.69, 9.17) is 0 Å². The summed E-state index contributed by atoms with van der Waals surface area (Å²) in [4.78, 5) is 25.5. The van der Waals surface area contributed by atoms with Crippen LogP contribution < -0.4 is 10.6 Å². The number of para-hydroxylation sites is 2. The fourth-order valence-electron chi connectivity index (χ4n) is 3.07. The van der Waals surface area contributed by atoms with E-state index in [9.17, 15) is 19.8 Å². The van der Waals surface area contributed by atoms with Gasteiger partial charge in [-0.25, -0.2) is 0 Å². The van der Waals surface area contributed by atoms with Crippen molar-refractivity contribution in [2.24, 2.45) is 0 Å². The molecular formula is C22H16N2O4. The van der Waals surface area contributed by atoms with Gasteiger partial charge in [0.2, 0.25) is 5.78 Å². The molecule has 28 heavy (non-hydrogen) atoms. The first-order chi connectivity index (χ1) is 13.5. The number of nitrogens with one attached hydrogen (secondary N) is 2. The first-order valence-electron chi connectivity index (χ1n) is 8.58. The molecule has 4 rings (SSSR count). The van der Waals surface area contributed by atoms with Crippen molar-refractivity contribution in [1.82, 2.24) is 0 Å². The highest BCUT2D eigenvalue weighted by atomic mass is 16.3. The van der Waals surface area contributed by atoms with Crippen molar-refractivity contribution in [3.8, 4) is 11.5 Å². The predicted octanol–water partition coefficient (Wildman–Crippen LogP) is 4.22. The summed E-state index contributed by atoms with van der Waals surface area (Å²) in [5.74, 6) is -1.91. The number of phenols is 2. The van der Waals surface area contributed by atoms with Crippen LogP contribution in [0, 0.1) is 0 Å². The minimum atomic E-state index is -0.572. The van der Waals surface area contributed by atoms with Gasteiger partial charge in [-0.15, -0.1) is 0 Å². The average Bonchev–Trinajstić information content (AvgIpc) is 2.70. The lowest BCUT2D eigenvalue weighted by Gasteiger charge is -2.20. The van der Waals surface area contributed by atoms with Crippen LogP contribution in [-0.4, -0.2) is 21.8 Å². The Morgan fingerprint density at radius 1 is 0.714 bits per heavy atom. The van der Waals surface area contributed by atoms with Gasteiger partial charge in [-0.1, -0.05) is 36.4 Å². The molecule has 0 saturated carbocycles. The zero-order valence-electron chi connectivity index (χ0n) is 14.6. The number of carbonyl (C=O) groups is 2. The van der Waals surface area contributed by atoms with E-state index in [1.54, 1.807) is 48.5 Å². The number of hydrogen-bond acceptors (Lipinski definition) is 6. The highest BCUT2D eigenvalue weighted by molar-refractivity contribution is 6.28. The van der Waals surface area contributed by atoms with Gasteiger partial charge in [-0.3, -0.25) is 9.59 Å². The number of rotatable bonds is 4. The molecule has 0 unspecified atom stereocenters. The van der Waals surface area contributed by atoms with Gasteiger partial charge in [0.05, 0.1) is 22.5 Å². The fraction of sp³-hybridized carbons (Fsp3) is 0. The second kappa shape index (κ2) is 6.92. The molecule has 0 atom stereocenters. The third kappa shape index (κ3) is 3.07. The molecule has 0 fully saturated rings. The lowest BCUT2D eigenvalue weighted by Crippen LogP contribution is -2.22. The van der Waals surface area contributed by atoms with Crippen LogP contribution in [0.3, 0.4) is 0 Å². The lowest BCUT2D eigenvalue weighted by atomic mass is 9.90. The molecular weight excluding hydrogens is 356 g/mol. The highest BCUT2D eigenvalue weighted by Crippen LogP contribution is 2.41. The van der Waals surface area contributed by atoms with E-state index >= 15 is 0 Å². The summed E-state index contributed by atoms with van der Waals surface area (Å²) in [6, 6.07) is 19.1. The van der Waals surface area contributed by atoms with Crippen LogP contribution >= 0.6 is 0 Å². The van der Waals surface area contributed by atoms with E-state index in [0.717, 1.165) is 6.08 Å². The molecule has 0 radical (unpaired) electrons. The zero-order valence-corrected chi connectivity index (χ0v) is 14.6. The quantitative estimate of drug-likeness (QED) is 0.404. The summed E-state index contributed by atoms with van der Waals surface area (Å²) >= 11 is 0. The van der Waals surface area contributed by atoms with Gasteiger partial charge in [0.25, 0.3) is 0 Å². The Hall–Kier alpha value is -4.06. The molecule has 0 spiro atoms. The van der Waals surface area contributed by atoms with Crippen LogP contribution in [0.15, 0.2) is 78.5 Å². The second-order valence-corrected chi connectivity index (χ2v) is 6.28. The van der Waals surface area contributed by atoms with Crippen LogP contribution in [0.1, 0.15) is 20.7 Å². The van der Waals surface area contributed by atoms with E-state index in [2.05, 4.69) is 10.6 Å². The smallest absolute Gasteiger partial charge is 0.213 e. The first-order valence-corrected chi connectivity index (χ1v) is 8.58. The van der Waals surface area contributed by atoms with Crippen LogP contribution in [0.5, 0.6) is 11.5 Å². The summed E-state index contributed by atoms with van der Waals surface area (Å²) in [6.45, 7) is 0. The molecule has 0 saturated heterocycles. The van der Waals surface area contributed by atoms with Crippen molar-refractivity contribution in [3.05, 3.63) is 89.6 Å². The number of carbonyl (C=O) groups excluding carboxylic acids is 2. The normalized spacial score (nSPS) is 12.9. The minimum Gasteiger partial charge on any atom is -0.507 e. The number of allylic oxidation sites excluding steroid dienone is 2. The highest BCUT2D eigenvalue weighted by Gasteiger charge is 2.33. The van der Waals surface area contributed by atoms with E-state index in [-0.39, 0.29) is 34.0 Å². The summed E-state index contributed by atoms with van der Waals surface area (Å²) in [5.41, 5.74) is 1.01. The Bertz CT molecular complexity index is 1110. The minimum absolute atomic E-state index is 0.0298. The summed E-state index contributed by atoms with van der Waals surface area (Å²) in [5, 5.41) is 26.8. The Morgan fingerprint density at radius 3 is 1.89 bits per heavy atom. The largest absolute Gasteiger partial charge is 0.507 e. The number of anilines is 3. The predicted molar refractivity (Wildman–Crippen MR) is 106 cm³/mol. The molecule has 0 heterocycles. The van der Waals surface area contributed by atoms with E-state index in [1.807, 2.05) is 12.1 Å². The Morgan fingerprint density at radius 2 is 1.29 bits per heavy atom. The van der Waals surface area contributed by atoms with Crippen molar-refractivity contribution in [2.75, 3.05) is 10.6 Å². The van der Waals surface area contributed by atoms with Gasteiger partial charge in [0, 0.05) is 23.5 Å². The Labute approximate surface area is 160 Å². The zero-order chi connectivity index (χ0) is 19.7. The number of fused-ring (bicyclic) bond motifs is 1. The number of phenolic OH excluding ortho intramolecular Hbond substituents is 2. The summed E-state index contributed by atoms with van der Waals surface area (Å²) < 4.78 is 0. The number of Topliss-reactive ketones (excluding diaryl/α,β-unsaturated/α-hetero) is 1. The van der Waals surface area contributed by atoms with E-state index < -0.39 is 11.6 Å². The third-order valence-electron chi connectivity index (χ3n) is 4.38. The number of benzene rings is 3. The van der Waals surface area contributed by atoms with Gasteiger partial charge >= 0.3 is 0 Å². The standard InChI is InChI=1S/C22H16N2O4/c25-17-11-15(23-13-7-3-1-4-8-13)21(27)19-18(26)12-16(22(28)20(17)19)24-14-9-5-2-6-10-14/h1-12,23-25,27H. The number of aromatic hydroxyl groups is 2. The van der Waals surface area contributed by atoms with Crippen LogP contribution in [-0.2, 0) is 0 Å². The average molecular weight is 372 g/mol. The molecule has 0 bridgehead atoms. The monoisotopic (exact) mass is 372 g/mol. The van der Waals surface area contributed by atoms with Gasteiger partial charge in [-0.05, 0) is 24.3 Å². The van der Waals surface area contributed by atoms with Gasteiger partial charge < -0.3 is 20.8 Å². The molecule has 6 heteroatoms. The molecule has 138 valence electrons. The van der Waals surface area contributed by atoms with Crippen LogP contribution in [0.4, 0.5) is 17.1 Å². The molecule has 0 aliphatic heterocycles. The van der Waals surface area contributed by atoms with Crippen molar-refractivity contribution in [3.63, 3.8) is 0 Å².